The smallest absolute Gasteiger partial charge is 0.119 e. The molecular weight excluding hydrogens is 268 g/mol. The van der Waals surface area contributed by atoms with Crippen LogP contribution in [-0.4, -0.2) is 43.7 Å². The molecule has 2 rings (SSSR count). The van der Waals surface area contributed by atoms with Crippen LogP contribution in [0.15, 0.2) is 24.3 Å². The van der Waals surface area contributed by atoms with Gasteiger partial charge in [0, 0.05) is 13.2 Å². The number of hydrogen-bond acceptors (Lipinski definition) is 4. The third-order valence-electron chi connectivity index (χ3n) is 3.68. The summed E-state index contributed by atoms with van der Waals surface area (Å²) in [4.78, 5) is 0. The van der Waals surface area contributed by atoms with Gasteiger partial charge >= 0.3 is 0 Å². The van der Waals surface area contributed by atoms with Crippen LogP contribution in [-0.2, 0) is 9.47 Å². The molecule has 118 valence electrons. The molecule has 0 bridgehead atoms. The van der Waals surface area contributed by atoms with Gasteiger partial charge < -0.3 is 19.3 Å². The molecule has 0 amide bonds. The van der Waals surface area contributed by atoms with Crippen LogP contribution in [0.25, 0.3) is 0 Å². The van der Waals surface area contributed by atoms with Gasteiger partial charge in [-0.25, -0.2) is 0 Å². The van der Waals surface area contributed by atoms with Gasteiger partial charge in [0.2, 0.25) is 0 Å². The first-order valence-corrected chi connectivity index (χ1v) is 7.75. The third-order valence-corrected chi connectivity index (χ3v) is 3.68. The van der Waals surface area contributed by atoms with Crippen molar-refractivity contribution in [2.75, 3.05) is 26.4 Å². The Balaban J connectivity index is 1.66. The molecule has 0 aromatic heterocycles. The van der Waals surface area contributed by atoms with Crippen molar-refractivity contribution in [1.29, 1.82) is 0 Å². The lowest BCUT2D eigenvalue weighted by Gasteiger charge is -2.23. The number of hydrogen-bond donors (Lipinski definition) is 1. The van der Waals surface area contributed by atoms with E-state index in [9.17, 15) is 5.11 Å². The molecule has 1 heterocycles. The van der Waals surface area contributed by atoms with Crippen LogP contribution in [0.1, 0.15) is 38.2 Å². The highest BCUT2D eigenvalue weighted by molar-refractivity contribution is 5.28. The molecule has 21 heavy (non-hydrogen) atoms. The van der Waals surface area contributed by atoms with Crippen LogP contribution in [0, 0.1) is 0 Å². The van der Waals surface area contributed by atoms with E-state index in [2.05, 4.69) is 26.0 Å². The third kappa shape index (κ3) is 5.65. The maximum atomic E-state index is 9.90. The van der Waals surface area contributed by atoms with Crippen LogP contribution in [0.3, 0.4) is 0 Å². The zero-order valence-electron chi connectivity index (χ0n) is 13.0. The van der Waals surface area contributed by atoms with E-state index < -0.39 is 6.10 Å². The Morgan fingerprint density at radius 1 is 1.14 bits per heavy atom. The second-order valence-electron chi connectivity index (χ2n) is 5.83. The Bertz CT molecular complexity index is 396. The standard InChI is InChI=1S/C17H26O4/c1-13(2)14-3-5-16(6-4-14)20-11-15(18)12-21-17-7-9-19-10-8-17/h3-6,13,15,17-18H,7-12H2,1-2H3. The zero-order chi connectivity index (χ0) is 15.1. The maximum absolute atomic E-state index is 9.90. The van der Waals surface area contributed by atoms with Crippen molar-refractivity contribution in [3.63, 3.8) is 0 Å². The summed E-state index contributed by atoms with van der Waals surface area (Å²) in [7, 11) is 0. The molecular formula is C17H26O4. The number of aliphatic hydroxyl groups is 1. The summed E-state index contributed by atoms with van der Waals surface area (Å²) < 4.78 is 16.5. The van der Waals surface area contributed by atoms with Gasteiger partial charge in [-0.1, -0.05) is 26.0 Å². The SMILES string of the molecule is CC(C)c1ccc(OCC(O)COC2CCOCC2)cc1. The second kappa shape index (κ2) is 8.37. The van der Waals surface area contributed by atoms with Crippen molar-refractivity contribution in [1.82, 2.24) is 0 Å². The van der Waals surface area contributed by atoms with Crippen LogP contribution in [0.5, 0.6) is 5.75 Å². The van der Waals surface area contributed by atoms with E-state index in [4.69, 9.17) is 14.2 Å². The van der Waals surface area contributed by atoms with Gasteiger partial charge in [-0.3, -0.25) is 0 Å². The molecule has 1 saturated heterocycles. The summed E-state index contributed by atoms with van der Waals surface area (Å²) in [6.07, 6.45) is 1.42. The monoisotopic (exact) mass is 294 g/mol. The fourth-order valence-electron chi connectivity index (χ4n) is 2.28. The minimum atomic E-state index is -0.599. The maximum Gasteiger partial charge on any atom is 0.119 e. The molecule has 4 heteroatoms. The second-order valence-corrected chi connectivity index (χ2v) is 5.83. The summed E-state index contributed by atoms with van der Waals surface area (Å²) in [5, 5.41) is 9.90. The van der Waals surface area contributed by atoms with Gasteiger partial charge in [0.05, 0.1) is 12.7 Å². The van der Waals surface area contributed by atoms with Crippen molar-refractivity contribution in [2.24, 2.45) is 0 Å². The van der Waals surface area contributed by atoms with E-state index in [1.54, 1.807) is 0 Å². The van der Waals surface area contributed by atoms with Crippen LogP contribution in [0.4, 0.5) is 0 Å². The first kappa shape index (κ1) is 16.3. The lowest BCUT2D eigenvalue weighted by molar-refractivity contribution is -0.0659. The van der Waals surface area contributed by atoms with Gasteiger partial charge in [0.25, 0.3) is 0 Å². The van der Waals surface area contributed by atoms with E-state index in [-0.39, 0.29) is 12.7 Å². The number of ether oxygens (including phenoxy) is 3. The highest BCUT2D eigenvalue weighted by Crippen LogP contribution is 2.18. The Morgan fingerprint density at radius 3 is 2.43 bits per heavy atom. The molecule has 0 aliphatic carbocycles. The van der Waals surface area contributed by atoms with E-state index in [0.29, 0.717) is 12.5 Å². The molecule has 1 aliphatic rings. The summed E-state index contributed by atoms with van der Waals surface area (Å²) >= 11 is 0. The molecule has 1 unspecified atom stereocenters. The van der Waals surface area contributed by atoms with E-state index >= 15 is 0 Å². The number of benzene rings is 1. The first-order valence-electron chi connectivity index (χ1n) is 7.75. The molecule has 1 aromatic rings. The van der Waals surface area contributed by atoms with Gasteiger partial charge in [-0.05, 0) is 36.5 Å². The molecule has 1 atom stereocenters. The molecule has 1 N–H and O–H groups in total. The summed E-state index contributed by atoms with van der Waals surface area (Å²) in [5.74, 6) is 1.29. The Labute approximate surface area is 127 Å². The summed E-state index contributed by atoms with van der Waals surface area (Å²) in [5.41, 5.74) is 1.28. The lowest BCUT2D eigenvalue weighted by Crippen LogP contribution is -2.30. The van der Waals surface area contributed by atoms with E-state index in [0.717, 1.165) is 31.8 Å². The highest BCUT2D eigenvalue weighted by atomic mass is 16.5. The summed E-state index contributed by atoms with van der Waals surface area (Å²) in [6.45, 7) is 6.39. The molecule has 0 saturated carbocycles. The average Bonchev–Trinajstić information content (AvgIpc) is 2.52. The van der Waals surface area contributed by atoms with Crippen molar-refractivity contribution < 1.29 is 19.3 Å². The van der Waals surface area contributed by atoms with Crippen molar-refractivity contribution in [3.8, 4) is 5.75 Å². The molecule has 0 radical (unpaired) electrons. The molecule has 0 spiro atoms. The van der Waals surface area contributed by atoms with Crippen molar-refractivity contribution in [3.05, 3.63) is 29.8 Å². The Kier molecular flexibility index (Phi) is 6.49. The summed E-state index contributed by atoms with van der Waals surface area (Å²) in [6, 6.07) is 8.01. The fourth-order valence-corrected chi connectivity index (χ4v) is 2.28. The van der Waals surface area contributed by atoms with E-state index in [1.165, 1.54) is 5.56 Å². The minimum Gasteiger partial charge on any atom is -0.491 e. The number of rotatable bonds is 7. The lowest BCUT2D eigenvalue weighted by atomic mass is 10.0. The Morgan fingerprint density at radius 2 is 1.81 bits per heavy atom. The van der Waals surface area contributed by atoms with Gasteiger partial charge in [-0.2, -0.15) is 0 Å². The zero-order valence-corrected chi connectivity index (χ0v) is 13.0. The van der Waals surface area contributed by atoms with Gasteiger partial charge in [0.1, 0.15) is 18.5 Å². The van der Waals surface area contributed by atoms with Crippen LogP contribution in [0.2, 0.25) is 0 Å². The van der Waals surface area contributed by atoms with E-state index in [1.807, 2.05) is 12.1 Å². The molecule has 1 aromatic carbocycles. The largest absolute Gasteiger partial charge is 0.491 e. The van der Waals surface area contributed by atoms with Crippen LogP contribution < -0.4 is 4.74 Å². The minimum absolute atomic E-state index is 0.207. The number of aliphatic hydroxyl groups excluding tert-OH is 1. The van der Waals surface area contributed by atoms with Crippen molar-refractivity contribution >= 4 is 0 Å². The molecule has 1 fully saturated rings. The van der Waals surface area contributed by atoms with Crippen molar-refractivity contribution in [2.45, 2.75) is 44.8 Å². The highest BCUT2D eigenvalue weighted by Gasteiger charge is 2.16. The Hall–Kier alpha value is -1.10. The molecule has 1 aliphatic heterocycles. The predicted molar refractivity (Wildman–Crippen MR) is 81.8 cm³/mol. The normalized spacial score (nSPS) is 17.9. The fraction of sp³-hybridized carbons (Fsp3) is 0.647. The predicted octanol–water partition coefficient (Wildman–Crippen LogP) is 2.75. The van der Waals surface area contributed by atoms with Gasteiger partial charge in [-0.15, -0.1) is 0 Å². The topological polar surface area (TPSA) is 47.9 Å². The van der Waals surface area contributed by atoms with Gasteiger partial charge in [0.15, 0.2) is 0 Å². The molecule has 4 nitrogen and oxygen atoms in total. The average molecular weight is 294 g/mol. The first-order chi connectivity index (χ1) is 10.1. The van der Waals surface area contributed by atoms with Crippen LogP contribution >= 0.6 is 0 Å². The quantitative estimate of drug-likeness (QED) is 0.840.